The second-order valence-corrected chi connectivity index (χ2v) is 14.1. The molecule has 0 spiro atoms. The highest BCUT2D eigenvalue weighted by Gasteiger charge is 2.25. The van der Waals surface area contributed by atoms with Gasteiger partial charge < -0.3 is 28.6 Å². The first-order chi connectivity index (χ1) is 25.1. The monoisotopic (exact) mass is 728 g/mol. The molecule has 0 heterocycles. The molecule has 0 rings (SSSR count). The third kappa shape index (κ3) is 32.7. The number of hydrogen-bond donors (Lipinski definition) is 0. The molecule has 8 heteroatoms. The van der Waals surface area contributed by atoms with Crippen LogP contribution >= 0.6 is 0 Å². The number of nitrogens with zero attached hydrogens (tertiary/aromatic N) is 1. The third-order valence-corrected chi connectivity index (χ3v) is 8.34. The van der Waals surface area contributed by atoms with Gasteiger partial charge in [0.05, 0.1) is 40.3 Å². The van der Waals surface area contributed by atoms with Crippen LogP contribution in [-0.4, -0.2) is 75.5 Å². The lowest BCUT2D eigenvalue weighted by Gasteiger charge is -2.34. The van der Waals surface area contributed by atoms with Crippen LogP contribution < -0.4 is 5.11 Å². The maximum Gasteiger partial charge on any atom is 0.306 e. The van der Waals surface area contributed by atoms with Crippen molar-refractivity contribution in [1.82, 2.24) is 0 Å². The van der Waals surface area contributed by atoms with Gasteiger partial charge in [0.25, 0.3) is 0 Å². The number of esters is 2. The number of carbonyl (C=O) groups excluding carboxylic acids is 3. The van der Waals surface area contributed by atoms with Gasteiger partial charge in [0, 0.05) is 19.3 Å². The largest absolute Gasteiger partial charge is 0.544 e. The molecule has 0 bridgehead atoms. The van der Waals surface area contributed by atoms with E-state index in [4.69, 9.17) is 14.2 Å². The highest BCUT2D eigenvalue weighted by Crippen LogP contribution is 2.12. The zero-order chi connectivity index (χ0) is 38.5. The molecule has 0 N–H and O–H groups in total. The number of ether oxygens (including phenoxy) is 3. The van der Waals surface area contributed by atoms with Gasteiger partial charge in [0.1, 0.15) is 12.6 Å². The smallest absolute Gasteiger partial charge is 0.306 e. The lowest BCUT2D eigenvalue weighted by molar-refractivity contribution is -0.889. The molecule has 0 saturated heterocycles. The molecule has 2 unspecified atom stereocenters. The van der Waals surface area contributed by atoms with Crippen LogP contribution in [0.1, 0.15) is 136 Å². The molecular formula is C44H73NO7. The highest BCUT2D eigenvalue weighted by atomic mass is 16.6. The van der Waals surface area contributed by atoms with Crippen LogP contribution in [0.15, 0.2) is 72.9 Å². The van der Waals surface area contributed by atoms with Gasteiger partial charge in [-0.15, -0.1) is 0 Å². The molecule has 8 nitrogen and oxygen atoms in total. The Balaban J connectivity index is 4.50. The van der Waals surface area contributed by atoms with E-state index in [0.29, 0.717) is 12.8 Å². The van der Waals surface area contributed by atoms with E-state index < -0.39 is 18.1 Å². The van der Waals surface area contributed by atoms with Gasteiger partial charge in [-0.1, -0.05) is 112 Å². The van der Waals surface area contributed by atoms with Crippen molar-refractivity contribution in [3.05, 3.63) is 72.9 Å². The van der Waals surface area contributed by atoms with Crippen molar-refractivity contribution in [3.63, 3.8) is 0 Å². The van der Waals surface area contributed by atoms with E-state index in [1.165, 1.54) is 0 Å². The normalized spacial score (nSPS) is 13.8. The standard InChI is InChI=1S/C44H73NO7/c1-6-8-10-12-14-16-18-20-21-22-23-25-27-29-31-33-35-43(47)52-40(38-50-37-36-41(44(48)49)45(3,4)5)39-51-42(46)34-32-30-28-26-24-19-17-15-13-11-9-7-2/h8-11,14-17,20-21,23,25,40-41H,6-7,12-13,18-19,22,24,26-39H2,1-5H3/b10-8+,11-9+,16-14+,17-15+,21-20+,25-23+. The number of carbonyl (C=O) groups is 3. The quantitative estimate of drug-likeness (QED) is 0.0282. The third-order valence-electron chi connectivity index (χ3n) is 8.34. The van der Waals surface area contributed by atoms with Crippen LogP contribution in [-0.2, 0) is 28.6 Å². The summed E-state index contributed by atoms with van der Waals surface area (Å²) >= 11 is 0. The van der Waals surface area contributed by atoms with Gasteiger partial charge in [-0.25, -0.2) is 0 Å². The molecule has 0 aromatic carbocycles. The number of carboxylic acids is 1. The SMILES string of the molecule is CC/C=C/C/C=C/C/C=C/C/C=C/CCCCCC(=O)OC(COCCC(C(=O)[O-])[N+](C)(C)C)COC(=O)CCCCCCC/C=C/C/C=C/CC. The summed E-state index contributed by atoms with van der Waals surface area (Å²) in [4.78, 5) is 36.7. The Morgan fingerprint density at radius 3 is 1.52 bits per heavy atom. The van der Waals surface area contributed by atoms with Crippen LogP contribution in [0.4, 0.5) is 0 Å². The molecule has 0 aliphatic heterocycles. The second-order valence-electron chi connectivity index (χ2n) is 14.1. The van der Waals surface area contributed by atoms with Crippen molar-refractivity contribution >= 4 is 17.9 Å². The molecule has 0 saturated carbocycles. The molecule has 0 aromatic heterocycles. The summed E-state index contributed by atoms with van der Waals surface area (Å²) in [6.45, 7) is 4.36. The fourth-order valence-electron chi connectivity index (χ4n) is 5.27. The van der Waals surface area contributed by atoms with E-state index in [1.54, 1.807) is 21.1 Å². The van der Waals surface area contributed by atoms with E-state index in [0.717, 1.165) is 96.3 Å². The molecule has 0 aliphatic carbocycles. The molecule has 296 valence electrons. The molecule has 52 heavy (non-hydrogen) atoms. The van der Waals surface area contributed by atoms with E-state index in [2.05, 4.69) is 86.8 Å². The zero-order valence-corrected chi connectivity index (χ0v) is 33.4. The predicted molar refractivity (Wildman–Crippen MR) is 212 cm³/mol. The van der Waals surface area contributed by atoms with Gasteiger partial charge in [-0.2, -0.15) is 0 Å². The van der Waals surface area contributed by atoms with Crippen LogP contribution in [0, 0.1) is 0 Å². The van der Waals surface area contributed by atoms with Crippen molar-refractivity contribution in [2.24, 2.45) is 0 Å². The lowest BCUT2D eigenvalue weighted by atomic mass is 10.1. The van der Waals surface area contributed by atoms with E-state index in [1.807, 2.05) is 0 Å². The van der Waals surface area contributed by atoms with E-state index >= 15 is 0 Å². The summed E-state index contributed by atoms with van der Waals surface area (Å²) < 4.78 is 17.1. The number of rotatable bonds is 34. The molecule has 2 atom stereocenters. The van der Waals surface area contributed by atoms with Crippen LogP contribution in [0.25, 0.3) is 0 Å². The van der Waals surface area contributed by atoms with E-state index in [9.17, 15) is 19.5 Å². The Morgan fingerprint density at radius 1 is 0.577 bits per heavy atom. The fraction of sp³-hybridized carbons (Fsp3) is 0.659. The van der Waals surface area contributed by atoms with Crippen LogP contribution in [0.3, 0.4) is 0 Å². The summed E-state index contributed by atoms with van der Waals surface area (Å²) in [5, 5.41) is 11.6. The molecule has 0 amide bonds. The Kier molecular flexibility index (Phi) is 32.7. The molecule has 0 fully saturated rings. The maximum absolute atomic E-state index is 12.7. The summed E-state index contributed by atoms with van der Waals surface area (Å²) in [6.07, 6.45) is 42.1. The van der Waals surface area contributed by atoms with Gasteiger partial charge in [-0.05, 0) is 77.0 Å². The fourth-order valence-corrected chi connectivity index (χ4v) is 5.27. The molecular weight excluding hydrogens is 654 g/mol. The van der Waals surface area contributed by atoms with Crippen molar-refractivity contribution in [3.8, 4) is 0 Å². The summed E-state index contributed by atoms with van der Waals surface area (Å²) in [5.74, 6) is -1.81. The zero-order valence-electron chi connectivity index (χ0n) is 33.4. The number of carboxylic acid groups (broad SMARTS) is 1. The number of unbranched alkanes of at least 4 members (excludes halogenated alkanes) is 8. The Hall–Kier alpha value is -3.23. The number of aliphatic carboxylic acids is 1. The number of likely N-dealkylation sites (N-methyl/N-ethyl adjacent to an activating group) is 1. The average Bonchev–Trinajstić information content (AvgIpc) is 3.09. The highest BCUT2D eigenvalue weighted by molar-refractivity contribution is 5.70. The van der Waals surface area contributed by atoms with Gasteiger partial charge in [0.15, 0.2) is 6.10 Å². The van der Waals surface area contributed by atoms with Crippen molar-refractivity contribution in [1.29, 1.82) is 0 Å². The first-order valence-corrected chi connectivity index (χ1v) is 20.0. The van der Waals surface area contributed by atoms with Crippen molar-refractivity contribution in [2.75, 3.05) is 41.0 Å². The Morgan fingerprint density at radius 2 is 1.02 bits per heavy atom. The topological polar surface area (TPSA) is 102 Å². The van der Waals surface area contributed by atoms with E-state index in [-0.39, 0.29) is 49.1 Å². The van der Waals surface area contributed by atoms with Gasteiger partial charge >= 0.3 is 11.9 Å². The first kappa shape index (κ1) is 48.8. The van der Waals surface area contributed by atoms with Gasteiger partial charge in [0.2, 0.25) is 0 Å². The maximum atomic E-state index is 12.7. The number of hydrogen-bond acceptors (Lipinski definition) is 7. The lowest BCUT2D eigenvalue weighted by Crippen LogP contribution is -2.55. The summed E-state index contributed by atoms with van der Waals surface area (Å²) in [6, 6.07) is -0.736. The van der Waals surface area contributed by atoms with Crippen molar-refractivity contribution < 1.29 is 38.2 Å². The van der Waals surface area contributed by atoms with Crippen LogP contribution in [0.2, 0.25) is 0 Å². The number of allylic oxidation sites excluding steroid dienone is 12. The molecule has 0 aliphatic rings. The van der Waals surface area contributed by atoms with Crippen LogP contribution in [0.5, 0.6) is 0 Å². The molecule has 0 radical (unpaired) electrons. The van der Waals surface area contributed by atoms with Crippen molar-refractivity contribution in [2.45, 2.75) is 148 Å². The Bertz CT molecular complexity index is 1080. The minimum absolute atomic E-state index is 0.0189. The average molecular weight is 728 g/mol. The predicted octanol–water partition coefficient (Wildman–Crippen LogP) is 9.07. The summed E-state index contributed by atoms with van der Waals surface area (Å²) in [7, 11) is 5.37. The van der Waals surface area contributed by atoms with Gasteiger partial charge in [-0.3, -0.25) is 9.59 Å². The second kappa shape index (κ2) is 34.8. The number of quaternary nitrogens is 1. The minimum atomic E-state index is -1.14. The summed E-state index contributed by atoms with van der Waals surface area (Å²) in [5.41, 5.74) is 0. The first-order valence-electron chi connectivity index (χ1n) is 20.0. The molecule has 0 aromatic rings. The minimum Gasteiger partial charge on any atom is -0.544 e. The Labute approximate surface area is 317 Å².